The largest absolute Gasteiger partial charge is 0.480 e. The van der Waals surface area contributed by atoms with Gasteiger partial charge in [0.05, 0.1) is 0 Å². The Labute approximate surface area is 207 Å². The van der Waals surface area contributed by atoms with Crippen molar-refractivity contribution in [1.82, 2.24) is 10.6 Å². The van der Waals surface area contributed by atoms with Crippen molar-refractivity contribution < 1.29 is 24.2 Å². The number of fused-ring (bicyclic) bond motifs is 3. The van der Waals surface area contributed by atoms with Crippen molar-refractivity contribution in [1.29, 1.82) is 0 Å². The lowest BCUT2D eigenvalue weighted by Crippen LogP contribution is -2.44. The van der Waals surface area contributed by atoms with Crippen molar-refractivity contribution >= 4 is 18.0 Å². The first kappa shape index (κ1) is 26.3. The number of benzene rings is 2. The average molecular weight is 481 g/mol. The van der Waals surface area contributed by atoms with Crippen LogP contribution < -0.4 is 10.6 Å². The van der Waals surface area contributed by atoms with E-state index in [0.717, 1.165) is 19.3 Å². The standard InChI is InChI=1S/C28H36N2O5/c1-3-19(2)26(27(32)33)30-25(31)16-6-4-5-11-17-29-28(34)35-18-24-22-14-9-7-12-20(22)21-13-8-10-15-23(21)24/h7-10,12-15,19,24,26H,3-6,11,16-18H2,1-2H3,(H,29,34)(H,30,31)(H,32,33)/t19?,26-/m0/s1. The lowest BCUT2D eigenvalue weighted by atomic mass is 9.98. The number of hydrogen-bond donors (Lipinski definition) is 3. The first-order chi connectivity index (χ1) is 16.9. The highest BCUT2D eigenvalue weighted by Crippen LogP contribution is 2.44. The fourth-order valence-electron chi connectivity index (χ4n) is 4.53. The summed E-state index contributed by atoms with van der Waals surface area (Å²) in [6, 6.07) is 15.6. The minimum absolute atomic E-state index is 0.0420. The molecule has 0 radical (unpaired) electrons. The molecule has 35 heavy (non-hydrogen) atoms. The van der Waals surface area contributed by atoms with Crippen molar-refractivity contribution in [2.24, 2.45) is 5.92 Å². The second kappa shape index (κ2) is 12.9. The van der Waals surface area contributed by atoms with Gasteiger partial charge in [-0.05, 0) is 41.0 Å². The number of rotatable bonds is 13. The van der Waals surface area contributed by atoms with E-state index in [1.54, 1.807) is 0 Å². The first-order valence-corrected chi connectivity index (χ1v) is 12.5. The predicted octanol–water partition coefficient (Wildman–Crippen LogP) is 5.09. The molecule has 0 aliphatic heterocycles. The lowest BCUT2D eigenvalue weighted by molar-refractivity contribution is -0.143. The molecule has 0 saturated heterocycles. The molecular formula is C28H36N2O5. The van der Waals surface area contributed by atoms with E-state index in [1.807, 2.05) is 38.1 Å². The molecule has 0 saturated carbocycles. The minimum atomic E-state index is -0.994. The van der Waals surface area contributed by atoms with Crippen LogP contribution in [0.3, 0.4) is 0 Å². The minimum Gasteiger partial charge on any atom is -0.480 e. The summed E-state index contributed by atoms with van der Waals surface area (Å²) in [6.07, 6.45) is 3.75. The van der Waals surface area contributed by atoms with E-state index in [1.165, 1.54) is 22.3 Å². The van der Waals surface area contributed by atoms with Crippen molar-refractivity contribution in [2.75, 3.05) is 13.2 Å². The zero-order valence-corrected chi connectivity index (χ0v) is 20.6. The summed E-state index contributed by atoms with van der Waals surface area (Å²) in [5.74, 6) is -1.29. The molecule has 0 heterocycles. The van der Waals surface area contributed by atoms with E-state index in [4.69, 9.17) is 4.74 Å². The Balaban J connectivity index is 1.30. The summed E-state index contributed by atoms with van der Waals surface area (Å²) in [7, 11) is 0. The van der Waals surface area contributed by atoms with Gasteiger partial charge in [-0.25, -0.2) is 9.59 Å². The summed E-state index contributed by atoms with van der Waals surface area (Å²) in [6.45, 7) is 4.53. The molecule has 7 heteroatoms. The number of nitrogens with one attached hydrogen (secondary N) is 2. The number of carbonyl (C=O) groups is 3. The predicted molar refractivity (Wildman–Crippen MR) is 135 cm³/mol. The topological polar surface area (TPSA) is 105 Å². The van der Waals surface area contributed by atoms with Crippen LogP contribution >= 0.6 is 0 Å². The number of unbranched alkanes of at least 4 members (excludes halogenated alkanes) is 3. The number of hydrogen-bond acceptors (Lipinski definition) is 4. The van der Waals surface area contributed by atoms with Crippen LogP contribution in [0.1, 0.15) is 69.4 Å². The number of carboxylic acids is 1. The molecule has 0 fully saturated rings. The summed E-state index contributed by atoms with van der Waals surface area (Å²) in [5, 5.41) is 14.7. The third-order valence-corrected chi connectivity index (χ3v) is 6.74. The molecule has 1 aliphatic rings. The fraction of sp³-hybridized carbons (Fsp3) is 0.464. The molecule has 1 aliphatic carbocycles. The van der Waals surface area contributed by atoms with E-state index < -0.39 is 18.1 Å². The van der Waals surface area contributed by atoms with Gasteiger partial charge >= 0.3 is 12.1 Å². The van der Waals surface area contributed by atoms with E-state index in [9.17, 15) is 19.5 Å². The zero-order valence-electron chi connectivity index (χ0n) is 20.6. The molecule has 0 spiro atoms. The van der Waals surface area contributed by atoms with Crippen LogP contribution in [0, 0.1) is 5.92 Å². The Morgan fingerprint density at radius 1 is 0.943 bits per heavy atom. The Kier molecular flexibility index (Phi) is 9.70. The molecule has 7 nitrogen and oxygen atoms in total. The Hall–Kier alpha value is -3.35. The van der Waals surface area contributed by atoms with Gasteiger partial charge in [-0.1, -0.05) is 81.6 Å². The molecular weight excluding hydrogens is 444 g/mol. The maximum Gasteiger partial charge on any atom is 0.407 e. The van der Waals surface area contributed by atoms with Crippen LogP contribution in [-0.4, -0.2) is 42.3 Å². The highest BCUT2D eigenvalue weighted by atomic mass is 16.5. The maximum absolute atomic E-state index is 12.2. The molecule has 2 atom stereocenters. The molecule has 0 bridgehead atoms. The maximum atomic E-state index is 12.2. The summed E-state index contributed by atoms with van der Waals surface area (Å²) in [4.78, 5) is 35.6. The Bertz CT molecular complexity index is 976. The second-order valence-corrected chi connectivity index (χ2v) is 9.19. The third-order valence-electron chi connectivity index (χ3n) is 6.74. The summed E-state index contributed by atoms with van der Waals surface area (Å²) >= 11 is 0. The number of carboxylic acid groups (broad SMARTS) is 1. The monoisotopic (exact) mass is 480 g/mol. The number of ether oxygens (including phenoxy) is 1. The van der Waals surface area contributed by atoms with Gasteiger partial charge in [-0.15, -0.1) is 0 Å². The van der Waals surface area contributed by atoms with Gasteiger partial charge in [0.1, 0.15) is 12.6 Å². The number of amides is 2. The van der Waals surface area contributed by atoms with E-state index in [2.05, 4.69) is 34.9 Å². The van der Waals surface area contributed by atoms with E-state index in [0.29, 0.717) is 32.4 Å². The highest BCUT2D eigenvalue weighted by Gasteiger charge is 2.29. The van der Waals surface area contributed by atoms with Gasteiger partial charge in [-0.3, -0.25) is 4.79 Å². The zero-order chi connectivity index (χ0) is 25.2. The molecule has 1 unspecified atom stereocenters. The smallest absolute Gasteiger partial charge is 0.407 e. The van der Waals surface area contributed by atoms with Gasteiger partial charge in [0.2, 0.25) is 5.91 Å². The normalized spacial score (nSPS) is 13.9. The second-order valence-electron chi connectivity index (χ2n) is 9.19. The molecule has 2 amide bonds. The van der Waals surface area contributed by atoms with Gasteiger partial charge in [0, 0.05) is 18.9 Å². The van der Waals surface area contributed by atoms with Crippen molar-refractivity contribution in [3.8, 4) is 11.1 Å². The molecule has 3 N–H and O–H groups in total. The van der Waals surface area contributed by atoms with E-state index in [-0.39, 0.29) is 17.7 Å². The Morgan fingerprint density at radius 3 is 2.14 bits per heavy atom. The van der Waals surface area contributed by atoms with Crippen LogP contribution in [-0.2, 0) is 14.3 Å². The SMILES string of the molecule is CCC(C)[C@H](NC(=O)CCCCCCNC(=O)OCC1c2ccccc2-c2ccccc21)C(=O)O. The van der Waals surface area contributed by atoms with Crippen LogP contribution in [0.25, 0.3) is 11.1 Å². The summed E-state index contributed by atoms with van der Waals surface area (Å²) < 4.78 is 5.53. The molecule has 3 rings (SSSR count). The number of alkyl carbamates (subject to hydrolysis) is 1. The van der Waals surface area contributed by atoms with E-state index >= 15 is 0 Å². The van der Waals surface area contributed by atoms with Crippen LogP contribution in [0.4, 0.5) is 4.79 Å². The van der Waals surface area contributed by atoms with Crippen molar-refractivity contribution in [2.45, 2.75) is 64.3 Å². The quantitative estimate of drug-likeness (QED) is 0.346. The van der Waals surface area contributed by atoms with Crippen LogP contribution in [0.5, 0.6) is 0 Å². The van der Waals surface area contributed by atoms with Crippen LogP contribution in [0.15, 0.2) is 48.5 Å². The highest BCUT2D eigenvalue weighted by molar-refractivity contribution is 5.83. The van der Waals surface area contributed by atoms with Crippen molar-refractivity contribution in [3.63, 3.8) is 0 Å². The van der Waals surface area contributed by atoms with Gasteiger partial charge in [-0.2, -0.15) is 0 Å². The Morgan fingerprint density at radius 2 is 1.54 bits per heavy atom. The first-order valence-electron chi connectivity index (χ1n) is 12.5. The number of aliphatic carboxylic acids is 1. The molecule has 0 aromatic heterocycles. The molecule has 2 aromatic carbocycles. The molecule has 188 valence electrons. The van der Waals surface area contributed by atoms with Crippen molar-refractivity contribution in [3.05, 3.63) is 59.7 Å². The molecule has 2 aromatic rings. The lowest BCUT2D eigenvalue weighted by Gasteiger charge is -2.20. The summed E-state index contributed by atoms with van der Waals surface area (Å²) in [5.41, 5.74) is 4.77. The number of carbonyl (C=O) groups excluding carboxylic acids is 2. The average Bonchev–Trinajstić information content (AvgIpc) is 3.18. The third kappa shape index (κ3) is 7.07. The van der Waals surface area contributed by atoms with Gasteiger partial charge in [0.15, 0.2) is 0 Å². The van der Waals surface area contributed by atoms with Gasteiger partial charge < -0.3 is 20.5 Å². The van der Waals surface area contributed by atoms with Crippen LogP contribution in [0.2, 0.25) is 0 Å². The fourth-order valence-corrected chi connectivity index (χ4v) is 4.53. The van der Waals surface area contributed by atoms with Gasteiger partial charge in [0.25, 0.3) is 0 Å².